The SMILES string of the molecule is CC(C(=O)O)C1C2C(C(C)C(=O)O)C12. The Labute approximate surface area is 81.9 Å². The zero-order chi connectivity index (χ0) is 10.6. The normalized spacial score (nSPS) is 42.1. The van der Waals surface area contributed by atoms with Gasteiger partial charge in [-0.3, -0.25) is 9.59 Å². The molecule has 0 aliphatic heterocycles. The second-order valence-corrected chi connectivity index (χ2v) is 4.56. The molecule has 2 atom stereocenters. The van der Waals surface area contributed by atoms with E-state index in [1.807, 2.05) is 0 Å². The van der Waals surface area contributed by atoms with E-state index in [-0.39, 0.29) is 23.7 Å². The number of carboxylic acid groups (broad SMARTS) is 2. The Kier molecular flexibility index (Phi) is 1.84. The molecule has 0 saturated heterocycles. The monoisotopic (exact) mass is 198 g/mol. The summed E-state index contributed by atoms with van der Waals surface area (Å²) in [6.07, 6.45) is 0. The van der Waals surface area contributed by atoms with Crippen LogP contribution in [0.15, 0.2) is 0 Å². The van der Waals surface area contributed by atoms with Crippen LogP contribution in [0.5, 0.6) is 0 Å². The van der Waals surface area contributed by atoms with Crippen LogP contribution in [0.3, 0.4) is 0 Å². The summed E-state index contributed by atoms with van der Waals surface area (Å²) in [5.41, 5.74) is 0. The lowest BCUT2D eigenvalue weighted by atomic mass is 9.87. The first-order chi connectivity index (χ1) is 6.46. The number of carboxylic acids is 2. The Hall–Kier alpha value is -1.06. The number of aliphatic carboxylic acids is 2. The first-order valence-corrected chi connectivity index (χ1v) is 4.92. The minimum Gasteiger partial charge on any atom is -0.481 e. The van der Waals surface area contributed by atoms with Gasteiger partial charge >= 0.3 is 11.9 Å². The smallest absolute Gasteiger partial charge is 0.306 e. The van der Waals surface area contributed by atoms with E-state index in [2.05, 4.69) is 0 Å². The van der Waals surface area contributed by atoms with Crippen molar-refractivity contribution in [1.29, 1.82) is 0 Å². The van der Waals surface area contributed by atoms with Gasteiger partial charge in [0.05, 0.1) is 11.8 Å². The van der Waals surface area contributed by atoms with Gasteiger partial charge in [0, 0.05) is 0 Å². The van der Waals surface area contributed by atoms with Crippen molar-refractivity contribution in [2.24, 2.45) is 35.5 Å². The van der Waals surface area contributed by atoms with Crippen LogP contribution in [-0.2, 0) is 9.59 Å². The van der Waals surface area contributed by atoms with Gasteiger partial charge in [-0.25, -0.2) is 0 Å². The lowest BCUT2D eigenvalue weighted by Gasteiger charge is -2.17. The minimum absolute atomic E-state index is 0.249. The van der Waals surface area contributed by atoms with Crippen LogP contribution < -0.4 is 0 Å². The predicted molar refractivity (Wildman–Crippen MR) is 47.6 cm³/mol. The van der Waals surface area contributed by atoms with Gasteiger partial charge in [0.25, 0.3) is 0 Å². The second-order valence-electron chi connectivity index (χ2n) is 4.56. The first-order valence-electron chi connectivity index (χ1n) is 4.92. The molecule has 78 valence electrons. The molecule has 0 heterocycles. The molecule has 0 aromatic carbocycles. The predicted octanol–water partition coefficient (Wildman–Crippen LogP) is 0.920. The van der Waals surface area contributed by atoms with Crippen LogP contribution in [0.25, 0.3) is 0 Å². The average molecular weight is 198 g/mol. The number of carbonyl (C=O) groups is 2. The Bertz CT molecular complexity index is 260. The first kappa shape index (κ1) is 9.49. The van der Waals surface area contributed by atoms with Gasteiger partial charge < -0.3 is 10.2 Å². The fourth-order valence-electron chi connectivity index (χ4n) is 2.80. The van der Waals surface area contributed by atoms with Gasteiger partial charge in [-0.1, -0.05) is 13.8 Å². The van der Waals surface area contributed by atoms with E-state index in [1.54, 1.807) is 13.8 Å². The molecule has 0 aromatic heterocycles. The molecule has 0 radical (unpaired) electrons. The largest absolute Gasteiger partial charge is 0.481 e. The van der Waals surface area contributed by atoms with E-state index in [9.17, 15) is 9.59 Å². The molecule has 0 spiro atoms. The minimum atomic E-state index is -0.760. The summed E-state index contributed by atoms with van der Waals surface area (Å²) in [7, 11) is 0. The van der Waals surface area contributed by atoms with E-state index in [1.165, 1.54) is 0 Å². The Morgan fingerprint density at radius 1 is 0.929 bits per heavy atom. The third kappa shape index (κ3) is 1.13. The summed E-state index contributed by atoms with van der Waals surface area (Å²) in [5, 5.41) is 17.5. The van der Waals surface area contributed by atoms with Crippen molar-refractivity contribution < 1.29 is 19.8 Å². The highest BCUT2D eigenvalue weighted by Crippen LogP contribution is 2.77. The number of rotatable bonds is 4. The quantitative estimate of drug-likeness (QED) is 0.704. The zero-order valence-electron chi connectivity index (χ0n) is 8.18. The van der Waals surface area contributed by atoms with Crippen molar-refractivity contribution in [3.05, 3.63) is 0 Å². The van der Waals surface area contributed by atoms with Crippen molar-refractivity contribution >= 4 is 11.9 Å². The Morgan fingerprint density at radius 2 is 1.21 bits per heavy atom. The maximum absolute atomic E-state index is 10.6. The van der Waals surface area contributed by atoms with E-state index in [4.69, 9.17) is 10.2 Å². The van der Waals surface area contributed by atoms with Crippen LogP contribution in [0.2, 0.25) is 0 Å². The third-order valence-corrected chi connectivity index (χ3v) is 3.87. The summed E-state index contributed by atoms with van der Waals surface area (Å²) in [4.78, 5) is 21.3. The highest BCUT2D eigenvalue weighted by Gasteiger charge is 2.76. The maximum Gasteiger partial charge on any atom is 0.306 e. The molecule has 2 saturated carbocycles. The maximum atomic E-state index is 10.6. The van der Waals surface area contributed by atoms with Crippen molar-refractivity contribution in [3.63, 3.8) is 0 Å². The lowest BCUT2D eigenvalue weighted by Crippen LogP contribution is -2.24. The van der Waals surface area contributed by atoms with Gasteiger partial charge in [-0.15, -0.1) is 0 Å². The van der Waals surface area contributed by atoms with Crippen molar-refractivity contribution in [3.8, 4) is 0 Å². The molecule has 0 bridgehead atoms. The van der Waals surface area contributed by atoms with Crippen molar-refractivity contribution in [2.75, 3.05) is 0 Å². The molecule has 2 unspecified atom stereocenters. The Balaban J connectivity index is 1.85. The zero-order valence-corrected chi connectivity index (χ0v) is 8.18. The number of fused-ring (bicyclic) bond motifs is 1. The standard InChI is InChI=1S/C10H14O4/c1-3(9(11)12)5-7-6(8(5)7)4(2)10(13)14/h3-8H,1-2H3,(H,11,12)(H,13,14). The van der Waals surface area contributed by atoms with Gasteiger partial charge in [0.15, 0.2) is 0 Å². The topological polar surface area (TPSA) is 74.6 Å². The molecular formula is C10H14O4. The van der Waals surface area contributed by atoms with Crippen LogP contribution in [0.1, 0.15) is 13.8 Å². The van der Waals surface area contributed by atoms with Gasteiger partial charge in [0.1, 0.15) is 0 Å². The van der Waals surface area contributed by atoms with E-state index in [0.29, 0.717) is 11.8 Å². The van der Waals surface area contributed by atoms with Gasteiger partial charge in [-0.05, 0) is 23.7 Å². The molecule has 0 amide bonds. The Morgan fingerprint density at radius 3 is 1.43 bits per heavy atom. The molecule has 2 rings (SSSR count). The molecular weight excluding hydrogens is 184 g/mol. The fraction of sp³-hybridized carbons (Fsp3) is 0.800. The highest BCUT2D eigenvalue weighted by atomic mass is 16.4. The average Bonchev–Trinajstić information content (AvgIpc) is 2.90. The molecule has 2 fully saturated rings. The van der Waals surface area contributed by atoms with Crippen LogP contribution in [0, 0.1) is 35.5 Å². The van der Waals surface area contributed by atoms with E-state index < -0.39 is 11.9 Å². The molecule has 4 nitrogen and oxygen atoms in total. The molecule has 2 aliphatic rings. The fourth-order valence-corrected chi connectivity index (χ4v) is 2.80. The highest BCUT2D eigenvalue weighted by molar-refractivity contribution is 5.73. The molecule has 0 aromatic rings. The summed E-state index contributed by atoms with van der Waals surface area (Å²) >= 11 is 0. The second kappa shape index (κ2) is 2.72. The number of hydrogen-bond donors (Lipinski definition) is 2. The molecule has 14 heavy (non-hydrogen) atoms. The molecule has 4 heteroatoms. The number of hydrogen-bond acceptors (Lipinski definition) is 2. The van der Waals surface area contributed by atoms with E-state index in [0.717, 1.165) is 0 Å². The summed E-state index contributed by atoms with van der Waals surface area (Å²) in [5.74, 6) is -0.865. The van der Waals surface area contributed by atoms with E-state index >= 15 is 0 Å². The van der Waals surface area contributed by atoms with Crippen molar-refractivity contribution in [2.45, 2.75) is 13.8 Å². The van der Waals surface area contributed by atoms with Crippen LogP contribution >= 0.6 is 0 Å². The summed E-state index contributed by atoms with van der Waals surface area (Å²) in [6.45, 7) is 3.42. The van der Waals surface area contributed by atoms with Crippen LogP contribution in [-0.4, -0.2) is 22.2 Å². The molecule has 2 N–H and O–H groups in total. The van der Waals surface area contributed by atoms with Crippen LogP contribution in [0.4, 0.5) is 0 Å². The molecule has 2 aliphatic carbocycles. The third-order valence-electron chi connectivity index (χ3n) is 3.87. The summed E-state index contributed by atoms with van der Waals surface area (Å²) in [6, 6.07) is 0. The summed E-state index contributed by atoms with van der Waals surface area (Å²) < 4.78 is 0. The lowest BCUT2D eigenvalue weighted by molar-refractivity contribution is -0.143. The van der Waals surface area contributed by atoms with Crippen molar-refractivity contribution in [1.82, 2.24) is 0 Å². The van der Waals surface area contributed by atoms with Gasteiger partial charge in [-0.2, -0.15) is 0 Å². The van der Waals surface area contributed by atoms with Gasteiger partial charge in [0.2, 0.25) is 0 Å².